The molecule has 6 nitrogen and oxygen atoms in total. The van der Waals surface area contributed by atoms with Gasteiger partial charge in [0.15, 0.2) is 5.82 Å². The maximum atomic E-state index is 13.8. The van der Waals surface area contributed by atoms with E-state index in [1.165, 1.54) is 37.5 Å². The number of hydrogen-bond acceptors (Lipinski definition) is 4. The lowest BCUT2D eigenvalue weighted by atomic mass is 10.1. The summed E-state index contributed by atoms with van der Waals surface area (Å²) in [5, 5.41) is 8.42. The van der Waals surface area contributed by atoms with Crippen LogP contribution in [-0.4, -0.2) is 23.8 Å². The van der Waals surface area contributed by atoms with Gasteiger partial charge in [-0.1, -0.05) is 24.3 Å². The van der Waals surface area contributed by atoms with Gasteiger partial charge in [0, 0.05) is 24.5 Å². The van der Waals surface area contributed by atoms with E-state index in [0.29, 0.717) is 17.1 Å². The third-order valence-corrected chi connectivity index (χ3v) is 4.46. The fourth-order valence-corrected chi connectivity index (χ4v) is 2.70. The van der Waals surface area contributed by atoms with Crippen LogP contribution in [0.3, 0.4) is 0 Å². The van der Waals surface area contributed by atoms with Gasteiger partial charge in [0.1, 0.15) is 5.82 Å². The van der Waals surface area contributed by atoms with Crippen molar-refractivity contribution in [1.82, 2.24) is 10.3 Å². The Morgan fingerprint density at radius 3 is 2.34 bits per heavy atom. The minimum absolute atomic E-state index is 0.167. The number of anilines is 3. The molecule has 3 N–H and O–H groups in total. The van der Waals surface area contributed by atoms with Crippen LogP contribution in [0.25, 0.3) is 0 Å². The summed E-state index contributed by atoms with van der Waals surface area (Å²) in [6.07, 6.45) is 1.42. The molecule has 0 spiro atoms. The Balaban J connectivity index is 1.97. The van der Waals surface area contributed by atoms with Gasteiger partial charge in [-0.05, 0) is 49.2 Å². The van der Waals surface area contributed by atoms with Crippen LogP contribution >= 0.6 is 0 Å². The van der Waals surface area contributed by atoms with Crippen molar-refractivity contribution in [1.29, 1.82) is 0 Å². The Kier molecular flexibility index (Phi) is 5.87. The second kappa shape index (κ2) is 8.52. The summed E-state index contributed by atoms with van der Waals surface area (Å²) < 4.78 is 13.8. The molecule has 0 radical (unpaired) electrons. The van der Waals surface area contributed by atoms with Crippen LogP contribution in [0.15, 0.2) is 54.7 Å². The standard InChI is InChI=1S/C22H21FN4O2/c1-13-8-9-15(10-17(13)23)22(29)27-19-11-16(21(28)24-3)12-25-20(19)26-18-7-5-4-6-14(18)2/h4-12H,1-3H3,(H,24,28)(H,25,26)(H,27,29). The summed E-state index contributed by atoms with van der Waals surface area (Å²) in [5.41, 5.74) is 3.01. The molecule has 0 bridgehead atoms. The smallest absolute Gasteiger partial charge is 0.255 e. The van der Waals surface area contributed by atoms with Crippen LogP contribution < -0.4 is 16.0 Å². The number of carbonyl (C=O) groups excluding carboxylic acids is 2. The third-order valence-electron chi connectivity index (χ3n) is 4.46. The minimum atomic E-state index is -0.507. The number of pyridine rings is 1. The normalized spacial score (nSPS) is 10.3. The van der Waals surface area contributed by atoms with Gasteiger partial charge in [-0.3, -0.25) is 9.59 Å². The first-order chi connectivity index (χ1) is 13.9. The first-order valence-electron chi connectivity index (χ1n) is 9.01. The third kappa shape index (κ3) is 4.57. The van der Waals surface area contributed by atoms with Crippen LogP contribution in [-0.2, 0) is 0 Å². The van der Waals surface area contributed by atoms with E-state index in [-0.39, 0.29) is 17.0 Å². The first kappa shape index (κ1) is 20.0. The summed E-state index contributed by atoms with van der Waals surface area (Å²) >= 11 is 0. The molecule has 3 aromatic rings. The highest BCUT2D eigenvalue weighted by atomic mass is 19.1. The number of nitrogens with one attached hydrogen (secondary N) is 3. The van der Waals surface area contributed by atoms with Gasteiger partial charge >= 0.3 is 0 Å². The molecule has 0 aliphatic heterocycles. The van der Waals surface area contributed by atoms with Crippen LogP contribution in [0.5, 0.6) is 0 Å². The second-order valence-corrected chi connectivity index (χ2v) is 6.56. The number of para-hydroxylation sites is 1. The second-order valence-electron chi connectivity index (χ2n) is 6.56. The van der Waals surface area contributed by atoms with Gasteiger partial charge in [0.2, 0.25) is 0 Å². The summed E-state index contributed by atoms with van der Waals surface area (Å²) in [4.78, 5) is 29.0. The number of aromatic nitrogens is 1. The Hall–Kier alpha value is -3.74. The number of rotatable bonds is 5. The van der Waals surface area contributed by atoms with E-state index in [1.54, 1.807) is 6.92 Å². The average Bonchev–Trinajstić information content (AvgIpc) is 2.72. The summed E-state index contributed by atoms with van der Waals surface area (Å²) in [7, 11) is 1.51. The van der Waals surface area contributed by atoms with Gasteiger partial charge in [0.05, 0.1) is 11.3 Å². The number of halogens is 1. The van der Waals surface area contributed by atoms with Crippen molar-refractivity contribution in [3.05, 3.63) is 82.8 Å². The van der Waals surface area contributed by atoms with E-state index in [0.717, 1.165) is 11.3 Å². The molecule has 2 aromatic carbocycles. The Morgan fingerprint density at radius 1 is 0.897 bits per heavy atom. The lowest BCUT2D eigenvalue weighted by Crippen LogP contribution is -2.20. The highest BCUT2D eigenvalue weighted by molar-refractivity contribution is 6.06. The van der Waals surface area contributed by atoms with Crippen molar-refractivity contribution in [3.63, 3.8) is 0 Å². The fourth-order valence-electron chi connectivity index (χ4n) is 2.70. The molecule has 0 fully saturated rings. The zero-order chi connectivity index (χ0) is 21.0. The van der Waals surface area contributed by atoms with Gasteiger partial charge in [-0.15, -0.1) is 0 Å². The zero-order valence-corrected chi connectivity index (χ0v) is 16.3. The minimum Gasteiger partial charge on any atom is -0.355 e. The largest absolute Gasteiger partial charge is 0.355 e. The molecule has 2 amide bonds. The maximum absolute atomic E-state index is 13.8. The van der Waals surface area contributed by atoms with Crippen molar-refractivity contribution in [3.8, 4) is 0 Å². The SMILES string of the molecule is CNC(=O)c1cnc(Nc2ccccc2C)c(NC(=O)c2ccc(C)c(F)c2)c1. The molecular weight excluding hydrogens is 371 g/mol. The molecule has 0 saturated carbocycles. The number of nitrogens with zero attached hydrogens (tertiary/aromatic N) is 1. The average molecular weight is 392 g/mol. The summed E-state index contributed by atoms with van der Waals surface area (Å²) in [6, 6.07) is 13.4. The van der Waals surface area contributed by atoms with E-state index in [9.17, 15) is 14.0 Å². The van der Waals surface area contributed by atoms with Gasteiger partial charge in [0.25, 0.3) is 11.8 Å². The predicted octanol–water partition coefficient (Wildman–Crippen LogP) is 4.19. The first-order valence-corrected chi connectivity index (χ1v) is 9.01. The van der Waals surface area contributed by atoms with E-state index in [1.807, 2.05) is 31.2 Å². The molecule has 148 valence electrons. The number of amides is 2. The Bertz CT molecular complexity index is 1080. The maximum Gasteiger partial charge on any atom is 0.255 e. The molecule has 7 heteroatoms. The predicted molar refractivity (Wildman–Crippen MR) is 111 cm³/mol. The lowest BCUT2D eigenvalue weighted by Gasteiger charge is -2.15. The van der Waals surface area contributed by atoms with E-state index < -0.39 is 11.7 Å². The van der Waals surface area contributed by atoms with Crippen LogP contribution in [0.1, 0.15) is 31.8 Å². The van der Waals surface area contributed by atoms with Crippen LogP contribution in [0.4, 0.5) is 21.6 Å². The molecule has 0 atom stereocenters. The molecule has 29 heavy (non-hydrogen) atoms. The van der Waals surface area contributed by atoms with E-state index in [4.69, 9.17) is 0 Å². The quantitative estimate of drug-likeness (QED) is 0.608. The van der Waals surface area contributed by atoms with Crippen molar-refractivity contribution in [2.24, 2.45) is 0 Å². The lowest BCUT2D eigenvalue weighted by molar-refractivity contribution is 0.0961. The van der Waals surface area contributed by atoms with Crippen LogP contribution in [0, 0.1) is 19.7 Å². The molecule has 0 aliphatic carbocycles. The number of aryl methyl sites for hydroxylation is 2. The monoisotopic (exact) mass is 392 g/mol. The van der Waals surface area contributed by atoms with E-state index >= 15 is 0 Å². The topological polar surface area (TPSA) is 83.1 Å². The molecule has 0 unspecified atom stereocenters. The molecule has 0 saturated heterocycles. The zero-order valence-electron chi connectivity index (χ0n) is 16.3. The summed E-state index contributed by atoms with van der Waals surface area (Å²) in [5.74, 6) is -0.939. The van der Waals surface area contributed by atoms with Crippen molar-refractivity contribution < 1.29 is 14.0 Å². The van der Waals surface area contributed by atoms with Crippen molar-refractivity contribution in [2.45, 2.75) is 13.8 Å². The van der Waals surface area contributed by atoms with Gasteiger partial charge in [-0.25, -0.2) is 9.37 Å². The molecule has 0 aliphatic rings. The van der Waals surface area contributed by atoms with E-state index in [2.05, 4.69) is 20.9 Å². The molecule has 3 rings (SSSR count). The number of hydrogen-bond donors (Lipinski definition) is 3. The van der Waals surface area contributed by atoms with Crippen molar-refractivity contribution in [2.75, 3.05) is 17.7 Å². The summed E-state index contributed by atoms with van der Waals surface area (Å²) in [6.45, 7) is 3.56. The number of carbonyl (C=O) groups is 2. The van der Waals surface area contributed by atoms with Crippen molar-refractivity contribution >= 4 is 29.0 Å². The van der Waals surface area contributed by atoms with Gasteiger partial charge in [-0.2, -0.15) is 0 Å². The molecule has 1 aromatic heterocycles. The Morgan fingerprint density at radius 2 is 1.66 bits per heavy atom. The highest BCUT2D eigenvalue weighted by Crippen LogP contribution is 2.27. The molecular formula is C22H21FN4O2. The molecule has 1 heterocycles. The van der Waals surface area contributed by atoms with Gasteiger partial charge < -0.3 is 16.0 Å². The Labute approximate surface area is 168 Å². The highest BCUT2D eigenvalue weighted by Gasteiger charge is 2.15. The fraction of sp³-hybridized carbons (Fsp3) is 0.136. The van der Waals surface area contributed by atoms with Crippen LogP contribution in [0.2, 0.25) is 0 Å². The number of benzene rings is 2.